The van der Waals surface area contributed by atoms with E-state index in [0.717, 1.165) is 83.3 Å². The van der Waals surface area contributed by atoms with Gasteiger partial charge in [0.05, 0.1) is 38.8 Å². The first-order valence-electron chi connectivity index (χ1n) is 34.9. The predicted molar refractivity (Wildman–Crippen MR) is 398 cm³/mol. The first-order chi connectivity index (χ1) is 48.3. The molecule has 102 heavy (non-hydrogen) atoms. The van der Waals surface area contributed by atoms with Crippen molar-refractivity contribution in [1.82, 2.24) is 39.9 Å². The van der Waals surface area contributed by atoms with Gasteiger partial charge in [-0.15, -0.1) is 23.1 Å². The molecule has 0 bridgehead atoms. The lowest BCUT2D eigenvalue weighted by Crippen LogP contribution is -2.57. The molecule has 1 aromatic heterocycles. The van der Waals surface area contributed by atoms with Crippen LogP contribution in [0.1, 0.15) is 126 Å². The van der Waals surface area contributed by atoms with Crippen LogP contribution >= 0.6 is 34.7 Å². The highest BCUT2D eigenvalue weighted by atomic mass is 35.5. The number of thiazole rings is 1. The van der Waals surface area contributed by atoms with Gasteiger partial charge in [0.15, 0.2) is 0 Å². The lowest BCUT2D eigenvalue weighted by atomic mass is 9.73. The average Bonchev–Trinajstić information content (AvgIpc) is 0.935. The molecule has 6 aromatic rings. The molecule has 3 aliphatic heterocycles. The first kappa shape index (κ1) is 77.7. The summed E-state index contributed by atoms with van der Waals surface area (Å²) in [7, 11) is -11.1. The molecule has 4 amide bonds. The molecule has 3 fully saturated rings. The minimum Gasteiger partial charge on any atom is -0.391 e. The van der Waals surface area contributed by atoms with Crippen molar-refractivity contribution in [2.45, 2.75) is 150 Å². The third kappa shape index (κ3) is 20.1. The van der Waals surface area contributed by atoms with E-state index in [4.69, 9.17) is 11.6 Å². The smallest absolute Gasteiger partial charge is 0.391 e. The third-order valence-corrected chi connectivity index (χ3v) is 25.0. The highest BCUT2D eigenvalue weighted by molar-refractivity contribution is 7.99. The fraction of sp³-hybridized carbons (Fsp3) is 0.480. The van der Waals surface area contributed by atoms with E-state index in [1.165, 1.54) is 45.5 Å². The Bertz CT molecular complexity index is 4170. The average molecular weight is 1500 g/mol. The number of likely N-dealkylation sites (tertiary alicyclic amines) is 1. The van der Waals surface area contributed by atoms with Crippen molar-refractivity contribution in [2.24, 2.45) is 10.8 Å². The van der Waals surface area contributed by atoms with Crippen LogP contribution in [-0.4, -0.2) is 184 Å². The Morgan fingerprint density at radius 1 is 0.794 bits per heavy atom. The molecule has 5 atom stereocenters. The van der Waals surface area contributed by atoms with Gasteiger partial charge in [0.1, 0.15) is 17.0 Å². The molecule has 4 aliphatic rings. The summed E-state index contributed by atoms with van der Waals surface area (Å²) in [6.45, 7) is 21.6. The van der Waals surface area contributed by atoms with Gasteiger partial charge in [-0.1, -0.05) is 106 Å². The van der Waals surface area contributed by atoms with Crippen molar-refractivity contribution in [1.29, 1.82) is 0 Å². The number of aryl methyl sites for hydroxylation is 1. The van der Waals surface area contributed by atoms with Crippen molar-refractivity contribution in [3.05, 3.63) is 160 Å². The number of allylic oxidation sites excluding steroid dienone is 1. The van der Waals surface area contributed by atoms with Crippen molar-refractivity contribution in [3.63, 3.8) is 0 Å². The van der Waals surface area contributed by atoms with Gasteiger partial charge in [0.25, 0.3) is 25.8 Å². The summed E-state index contributed by atoms with van der Waals surface area (Å²) < 4.78 is 100. The van der Waals surface area contributed by atoms with E-state index in [-0.39, 0.29) is 42.3 Å². The summed E-state index contributed by atoms with van der Waals surface area (Å²) >= 11 is 9.20. The van der Waals surface area contributed by atoms with E-state index in [9.17, 15) is 54.3 Å². The molecule has 4 heterocycles. The van der Waals surface area contributed by atoms with Gasteiger partial charge in [0, 0.05) is 118 Å². The number of hydrogen-bond acceptors (Lipinski definition) is 17. The minimum atomic E-state index is -6.16. The van der Waals surface area contributed by atoms with E-state index < -0.39 is 88.2 Å². The Morgan fingerprint density at radius 3 is 2.08 bits per heavy atom. The molecular weight excluding hydrogens is 1410 g/mol. The number of aromatic nitrogens is 1. The Balaban J connectivity index is 0.704. The fourth-order valence-electron chi connectivity index (χ4n) is 13.8. The summed E-state index contributed by atoms with van der Waals surface area (Å²) in [6.07, 6.45) is 3.98. The fourth-order valence-corrected chi connectivity index (χ4v) is 17.7. The number of nitrogens with one attached hydrogen (secondary N) is 4. The molecular formula is C75H94ClF3N10O9S4. The lowest BCUT2D eigenvalue weighted by Gasteiger charge is -2.39. The number of β-amino-alcohol motifs (C(OH)–C–C–N with tert-alkyl or cyclic N) is 1. The molecule has 27 heteroatoms. The number of thioether (sulfide) groups is 1. The Labute approximate surface area is 611 Å². The molecule has 0 unspecified atom stereocenters. The number of amides is 4. The molecule has 19 nitrogen and oxygen atoms in total. The Kier molecular flexibility index (Phi) is 25.5. The van der Waals surface area contributed by atoms with Gasteiger partial charge >= 0.3 is 5.51 Å². The Morgan fingerprint density at radius 2 is 1.44 bits per heavy atom. The van der Waals surface area contributed by atoms with E-state index >= 15 is 0 Å². The zero-order chi connectivity index (χ0) is 73.3. The van der Waals surface area contributed by atoms with Crippen LogP contribution in [0, 0.1) is 17.8 Å². The normalized spacial score (nSPS) is 19.1. The van der Waals surface area contributed by atoms with E-state index in [1.807, 2.05) is 106 Å². The standard InChI is InChI=1S/C75H94ClF3N10O9S4/c1-50(52-16-18-54(19-17-52)68-51(2)80-49-100-68)81-71(93)65-43-60(90)47-89(65)72(94)69(73(3,4)5)83-67(91)15-11-12-33-85-35-37-86(38-36-85)34-31-58(48-99-61-13-9-8-10-14-61)82-64-29-28-62(44-66(64)101(95,96)75(77,78)79)102(97,98)84-70(92)55-22-26-59(27-23-55)88-41-39-87(40-42-88)46-56-45-74(6,7)32-30-63(56)53-20-24-57(76)25-21-53/h8-10,13-14,16-29,44,49-50,58,60,65,69,82,90H,11-12,15,30-43,45-48H2,1-7H3,(H,81,93)(H,83,91)(H,84,92)/t50-,58+,60+,65-,69+/m0/s1. The van der Waals surface area contributed by atoms with Crippen molar-refractivity contribution >= 4 is 95.1 Å². The number of benzene rings is 5. The van der Waals surface area contributed by atoms with Gasteiger partial charge in [-0.2, -0.15) is 13.2 Å². The summed E-state index contributed by atoms with van der Waals surface area (Å²) in [5, 5.41) is 20.5. The van der Waals surface area contributed by atoms with Crippen molar-refractivity contribution in [2.75, 3.05) is 94.5 Å². The number of carbonyl (C=O) groups is 4. The molecule has 550 valence electrons. The highest BCUT2D eigenvalue weighted by Crippen LogP contribution is 2.44. The van der Waals surface area contributed by atoms with Crippen molar-refractivity contribution in [3.8, 4) is 10.4 Å². The van der Waals surface area contributed by atoms with E-state index in [2.05, 4.69) is 66.5 Å². The summed E-state index contributed by atoms with van der Waals surface area (Å²) in [5.74, 6) is -1.90. The number of aliphatic hydroxyl groups is 1. The van der Waals surface area contributed by atoms with Gasteiger partial charge < -0.3 is 40.7 Å². The molecule has 5 N–H and O–H groups in total. The Hall–Kier alpha value is -6.88. The van der Waals surface area contributed by atoms with Gasteiger partial charge in [-0.25, -0.2) is 26.5 Å². The number of piperazine rings is 2. The first-order valence-corrected chi connectivity index (χ1v) is 40.1. The third-order valence-electron chi connectivity index (χ3n) is 19.7. The second-order valence-corrected chi connectivity index (χ2v) is 35.0. The number of aliphatic hydroxyl groups excluding tert-OH is 1. The van der Waals surface area contributed by atoms with Crippen LogP contribution in [0.25, 0.3) is 16.0 Å². The molecule has 0 spiro atoms. The number of nitrogens with zero attached hydrogens (tertiary/aromatic N) is 6. The maximum Gasteiger partial charge on any atom is 0.501 e. The second-order valence-electron chi connectivity index (χ2n) is 29.1. The number of rotatable bonds is 27. The van der Waals surface area contributed by atoms with Gasteiger partial charge in [0.2, 0.25) is 17.7 Å². The molecule has 10 rings (SSSR count). The van der Waals surface area contributed by atoms with Crippen LogP contribution in [0.2, 0.25) is 5.02 Å². The van der Waals surface area contributed by atoms with Crippen LogP contribution in [0.4, 0.5) is 24.5 Å². The zero-order valence-corrected chi connectivity index (χ0v) is 62.9. The van der Waals surface area contributed by atoms with E-state index in [1.54, 1.807) is 29.0 Å². The number of unbranched alkanes of at least 4 members (excludes halogenated alkanes) is 1. The van der Waals surface area contributed by atoms with Crippen LogP contribution in [0.3, 0.4) is 0 Å². The highest BCUT2D eigenvalue weighted by Gasteiger charge is 2.49. The molecule has 0 radical (unpaired) electrons. The number of sulfonamides is 1. The predicted octanol–water partition coefficient (Wildman–Crippen LogP) is 12.1. The number of hydrogen-bond donors (Lipinski definition) is 5. The number of carbonyl (C=O) groups excluding carboxylic acids is 4. The molecule has 5 aromatic carbocycles. The topological polar surface area (TPSA) is 234 Å². The number of anilines is 2. The lowest BCUT2D eigenvalue weighted by molar-refractivity contribution is -0.144. The molecule has 1 aliphatic carbocycles. The summed E-state index contributed by atoms with van der Waals surface area (Å²) in [5.41, 5.74) is 2.64. The van der Waals surface area contributed by atoms with Gasteiger partial charge in [-0.3, -0.25) is 24.1 Å². The number of alkyl halides is 3. The van der Waals surface area contributed by atoms with Crippen LogP contribution in [-0.2, 0) is 34.2 Å². The summed E-state index contributed by atoms with van der Waals surface area (Å²) in [6, 6.07) is 31.1. The van der Waals surface area contributed by atoms with Crippen LogP contribution in [0.5, 0.6) is 0 Å². The van der Waals surface area contributed by atoms with Gasteiger partial charge in [-0.05, 0) is 159 Å². The summed E-state index contributed by atoms with van der Waals surface area (Å²) in [4.78, 5) is 70.0. The SMILES string of the molecule is Cc1ncsc1-c1ccc([C@H](C)NC(=O)[C@@H]2C[C@@H](O)CN2C(=O)[C@@H](NC(=O)CCCCN2CCN(CC[C@H](CSc3ccccc3)Nc3ccc(S(=O)(=O)NC(=O)c4ccc(N5CCN(CC6=C(c7ccc(Cl)cc7)CCC(C)(C)C6)CC5)cc4)cc3S(=O)(=O)C(F)(F)F)CC2)C(C)(C)C)cc1. The maximum absolute atomic E-state index is 14.6. The minimum absolute atomic E-state index is 0.0311. The van der Waals surface area contributed by atoms with Crippen molar-refractivity contribution < 1.29 is 54.3 Å². The molecule has 0 saturated carbocycles. The zero-order valence-electron chi connectivity index (χ0n) is 58.9. The largest absolute Gasteiger partial charge is 0.501 e. The maximum atomic E-state index is 14.6. The monoisotopic (exact) mass is 1500 g/mol. The number of halogens is 4. The second kappa shape index (κ2) is 33.5. The quantitative estimate of drug-likeness (QED) is 0.0238. The van der Waals surface area contributed by atoms with Crippen LogP contribution in [0.15, 0.2) is 147 Å². The number of sulfone groups is 1. The van der Waals surface area contributed by atoms with Crippen LogP contribution < -0.4 is 25.6 Å². The molecule has 3 saturated heterocycles. The van der Waals surface area contributed by atoms with E-state index in [0.29, 0.717) is 88.5 Å².